The second-order valence-corrected chi connectivity index (χ2v) is 2.94. The van der Waals surface area contributed by atoms with Crippen molar-refractivity contribution < 1.29 is 0 Å². The third-order valence-electron chi connectivity index (χ3n) is 1.44. The molecule has 0 saturated heterocycles. The fraction of sp³-hybridized carbons (Fsp3) is 0.571. The van der Waals surface area contributed by atoms with Crippen molar-refractivity contribution in [2.45, 2.75) is 6.54 Å². The average molecular weight is 154 g/mol. The summed E-state index contributed by atoms with van der Waals surface area (Å²) in [6.07, 6.45) is 1.94. The summed E-state index contributed by atoms with van der Waals surface area (Å²) < 4.78 is 1.82. The molecule has 1 aromatic heterocycles. The van der Waals surface area contributed by atoms with Gasteiger partial charge in [-0.15, -0.1) is 0 Å². The summed E-state index contributed by atoms with van der Waals surface area (Å²) in [6.45, 7) is 0.838. The first-order valence-corrected chi connectivity index (χ1v) is 3.52. The van der Waals surface area contributed by atoms with Crippen molar-refractivity contribution in [3.8, 4) is 0 Å². The SMILES string of the molecule is CN(C)Cc1cn(C)c(N)n1. The second kappa shape index (κ2) is 2.92. The smallest absolute Gasteiger partial charge is 0.200 e. The first-order valence-electron chi connectivity index (χ1n) is 3.52. The van der Waals surface area contributed by atoms with E-state index in [9.17, 15) is 0 Å². The van der Waals surface area contributed by atoms with Gasteiger partial charge in [-0.2, -0.15) is 0 Å². The fourth-order valence-electron chi connectivity index (χ4n) is 0.945. The van der Waals surface area contributed by atoms with Crippen LogP contribution in [0, 0.1) is 0 Å². The first-order chi connectivity index (χ1) is 5.09. The highest BCUT2D eigenvalue weighted by atomic mass is 15.1. The van der Waals surface area contributed by atoms with E-state index in [0.29, 0.717) is 5.95 Å². The highest BCUT2D eigenvalue weighted by Crippen LogP contribution is 2.03. The van der Waals surface area contributed by atoms with Crippen LogP contribution in [0.25, 0.3) is 0 Å². The van der Waals surface area contributed by atoms with Gasteiger partial charge in [0.05, 0.1) is 5.69 Å². The number of nitrogens with zero attached hydrogens (tertiary/aromatic N) is 3. The Morgan fingerprint density at radius 1 is 1.64 bits per heavy atom. The van der Waals surface area contributed by atoms with Gasteiger partial charge >= 0.3 is 0 Å². The molecule has 0 unspecified atom stereocenters. The largest absolute Gasteiger partial charge is 0.369 e. The molecule has 1 aromatic rings. The third kappa shape index (κ3) is 1.94. The molecule has 4 nitrogen and oxygen atoms in total. The number of hydrogen-bond acceptors (Lipinski definition) is 3. The molecule has 0 amide bonds. The molecule has 4 heteroatoms. The zero-order valence-corrected chi connectivity index (χ0v) is 7.20. The van der Waals surface area contributed by atoms with Gasteiger partial charge in [0.1, 0.15) is 0 Å². The Labute approximate surface area is 66.6 Å². The van der Waals surface area contributed by atoms with Crippen LogP contribution in [0.1, 0.15) is 5.69 Å². The zero-order chi connectivity index (χ0) is 8.43. The summed E-state index contributed by atoms with van der Waals surface area (Å²) in [5, 5.41) is 0. The molecule has 0 aliphatic heterocycles. The molecule has 0 fully saturated rings. The van der Waals surface area contributed by atoms with Crippen molar-refractivity contribution in [3.63, 3.8) is 0 Å². The number of nitrogens with two attached hydrogens (primary N) is 1. The first kappa shape index (κ1) is 8.07. The van der Waals surface area contributed by atoms with Crippen LogP contribution in [-0.2, 0) is 13.6 Å². The minimum absolute atomic E-state index is 0.571. The summed E-state index contributed by atoms with van der Waals surface area (Å²) >= 11 is 0. The lowest BCUT2D eigenvalue weighted by molar-refractivity contribution is 0.397. The quantitative estimate of drug-likeness (QED) is 0.655. The number of anilines is 1. The zero-order valence-electron chi connectivity index (χ0n) is 7.20. The Balaban J connectivity index is 2.73. The van der Waals surface area contributed by atoms with Crippen molar-refractivity contribution in [2.75, 3.05) is 19.8 Å². The number of aromatic nitrogens is 2. The molecule has 62 valence electrons. The van der Waals surface area contributed by atoms with Crippen LogP contribution in [0.2, 0.25) is 0 Å². The van der Waals surface area contributed by atoms with Crippen LogP contribution >= 0.6 is 0 Å². The number of hydrogen-bond donors (Lipinski definition) is 1. The molecular formula is C7H14N4. The minimum atomic E-state index is 0.571. The molecule has 0 aliphatic rings. The van der Waals surface area contributed by atoms with Crippen LogP contribution < -0.4 is 5.73 Å². The molecule has 2 N–H and O–H groups in total. The number of nitrogen functional groups attached to an aromatic ring is 1. The molecule has 0 spiro atoms. The molecule has 0 bridgehead atoms. The Hall–Kier alpha value is -1.03. The van der Waals surface area contributed by atoms with Gasteiger partial charge in [0.25, 0.3) is 0 Å². The molecule has 0 radical (unpaired) electrons. The Bertz CT molecular complexity index is 219. The molecule has 1 rings (SSSR count). The van der Waals surface area contributed by atoms with E-state index >= 15 is 0 Å². The normalized spacial score (nSPS) is 10.9. The molecule has 1 heterocycles. The van der Waals surface area contributed by atoms with Gasteiger partial charge in [-0.05, 0) is 14.1 Å². The predicted octanol–water partition coefficient (Wildman–Crippen LogP) is 0.0639. The summed E-state index contributed by atoms with van der Waals surface area (Å²) in [5.41, 5.74) is 6.56. The summed E-state index contributed by atoms with van der Waals surface area (Å²) in [5.74, 6) is 0.571. The molecule has 0 aromatic carbocycles. The summed E-state index contributed by atoms with van der Waals surface area (Å²) in [7, 11) is 5.90. The maximum Gasteiger partial charge on any atom is 0.200 e. The van der Waals surface area contributed by atoms with E-state index in [1.807, 2.05) is 31.9 Å². The monoisotopic (exact) mass is 154 g/mol. The lowest BCUT2D eigenvalue weighted by Crippen LogP contribution is -2.10. The van der Waals surface area contributed by atoms with Gasteiger partial charge in [-0.1, -0.05) is 0 Å². The highest BCUT2D eigenvalue weighted by molar-refractivity contribution is 5.21. The van der Waals surface area contributed by atoms with Crippen LogP contribution in [0.15, 0.2) is 6.20 Å². The highest BCUT2D eigenvalue weighted by Gasteiger charge is 2.01. The van der Waals surface area contributed by atoms with Crippen LogP contribution in [-0.4, -0.2) is 28.5 Å². The van der Waals surface area contributed by atoms with Crippen LogP contribution in [0.4, 0.5) is 5.95 Å². The maximum atomic E-state index is 5.55. The standard InChI is InChI=1S/C7H14N4/c1-10(2)4-6-5-11(3)7(8)9-6/h5H,4H2,1-3H3,(H2,8,9). The van der Waals surface area contributed by atoms with Crippen molar-refractivity contribution in [3.05, 3.63) is 11.9 Å². The van der Waals surface area contributed by atoms with Gasteiger partial charge < -0.3 is 15.2 Å². The van der Waals surface area contributed by atoms with Gasteiger partial charge in [-0.25, -0.2) is 4.98 Å². The Kier molecular flexibility index (Phi) is 2.14. The van der Waals surface area contributed by atoms with E-state index in [1.54, 1.807) is 0 Å². The van der Waals surface area contributed by atoms with Gasteiger partial charge in [0.15, 0.2) is 5.95 Å². The van der Waals surface area contributed by atoms with Crippen molar-refractivity contribution in [2.24, 2.45) is 7.05 Å². The maximum absolute atomic E-state index is 5.55. The Morgan fingerprint density at radius 3 is 2.64 bits per heavy atom. The second-order valence-electron chi connectivity index (χ2n) is 2.94. The van der Waals surface area contributed by atoms with E-state index in [-0.39, 0.29) is 0 Å². The lowest BCUT2D eigenvalue weighted by atomic mass is 10.4. The third-order valence-corrected chi connectivity index (χ3v) is 1.44. The minimum Gasteiger partial charge on any atom is -0.369 e. The van der Waals surface area contributed by atoms with E-state index in [4.69, 9.17) is 5.73 Å². The molecule has 0 aliphatic carbocycles. The number of imidazole rings is 1. The van der Waals surface area contributed by atoms with Gasteiger partial charge in [-0.3, -0.25) is 0 Å². The summed E-state index contributed by atoms with van der Waals surface area (Å²) in [4.78, 5) is 6.21. The molecule has 0 saturated carbocycles. The van der Waals surface area contributed by atoms with Crippen molar-refractivity contribution >= 4 is 5.95 Å². The summed E-state index contributed by atoms with van der Waals surface area (Å²) in [6, 6.07) is 0. The van der Waals surface area contributed by atoms with E-state index < -0.39 is 0 Å². The van der Waals surface area contributed by atoms with Gasteiger partial charge in [0, 0.05) is 19.8 Å². The van der Waals surface area contributed by atoms with E-state index in [0.717, 1.165) is 12.2 Å². The van der Waals surface area contributed by atoms with Crippen molar-refractivity contribution in [1.82, 2.24) is 14.5 Å². The molecule has 11 heavy (non-hydrogen) atoms. The van der Waals surface area contributed by atoms with Crippen LogP contribution in [0.3, 0.4) is 0 Å². The van der Waals surface area contributed by atoms with E-state index in [2.05, 4.69) is 9.88 Å². The molecular weight excluding hydrogens is 140 g/mol. The predicted molar refractivity (Wildman–Crippen MR) is 45.0 cm³/mol. The van der Waals surface area contributed by atoms with Crippen LogP contribution in [0.5, 0.6) is 0 Å². The van der Waals surface area contributed by atoms with Crippen molar-refractivity contribution in [1.29, 1.82) is 0 Å². The lowest BCUT2D eigenvalue weighted by Gasteiger charge is -2.04. The Morgan fingerprint density at radius 2 is 2.27 bits per heavy atom. The topological polar surface area (TPSA) is 47.1 Å². The molecule has 0 atom stereocenters. The number of rotatable bonds is 2. The average Bonchev–Trinajstić information content (AvgIpc) is 2.10. The van der Waals surface area contributed by atoms with E-state index in [1.165, 1.54) is 0 Å². The fourth-order valence-corrected chi connectivity index (χ4v) is 0.945. The number of aryl methyl sites for hydroxylation is 1. The van der Waals surface area contributed by atoms with Gasteiger partial charge in [0.2, 0.25) is 0 Å².